The summed E-state index contributed by atoms with van der Waals surface area (Å²) in [5.74, 6) is -0.890. The molecule has 1 aliphatic carbocycles. The first-order chi connectivity index (χ1) is 15.9. The van der Waals surface area contributed by atoms with Gasteiger partial charge in [0.1, 0.15) is 29.7 Å². The largest absolute Gasteiger partial charge is 0.363 e. The van der Waals surface area contributed by atoms with E-state index in [0.717, 1.165) is 16.9 Å². The molecule has 0 unspecified atom stereocenters. The second-order valence-corrected chi connectivity index (χ2v) is 10.5. The third kappa shape index (κ3) is 4.04. The molecule has 0 radical (unpaired) electrons. The molecule has 0 aliphatic heterocycles. The maximum Gasteiger partial charge on any atom is 0.272 e. The van der Waals surface area contributed by atoms with E-state index >= 15 is 0 Å². The lowest BCUT2D eigenvalue weighted by atomic mass is 10.0. The standard InChI is InChI=1S/C22H22F4N4O3S/c1-11(13-5-4-6-14(16(13)24)19(25)26)27-20-15-9-30(22(10-23)7-8-22)21(31)18(34(3,32)33)17(15)28-12(2)29-20/h4-6,9,11,19H,7-8,10H2,1-3H3,(H,27,28,29)/t11-/m1/s1. The Balaban J connectivity index is 1.93. The highest BCUT2D eigenvalue weighted by atomic mass is 32.2. The minimum absolute atomic E-state index is 0.0544. The van der Waals surface area contributed by atoms with Crippen molar-refractivity contribution < 1.29 is 26.0 Å². The first-order valence-corrected chi connectivity index (χ1v) is 12.3. The number of fused-ring (bicyclic) bond motifs is 1. The lowest BCUT2D eigenvalue weighted by Gasteiger charge is -2.21. The van der Waals surface area contributed by atoms with Crippen LogP contribution in [0.15, 0.2) is 34.1 Å². The maximum absolute atomic E-state index is 14.7. The van der Waals surface area contributed by atoms with Crippen molar-refractivity contribution in [3.63, 3.8) is 0 Å². The molecule has 1 aliphatic rings. The number of aryl methyl sites for hydroxylation is 1. The van der Waals surface area contributed by atoms with E-state index in [1.807, 2.05) is 0 Å². The minimum Gasteiger partial charge on any atom is -0.363 e. The molecule has 1 N–H and O–H groups in total. The molecular formula is C22H22F4N4O3S. The third-order valence-corrected chi connectivity index (χ3v) is 7.12. The predicted octanol–water partition coefficient (Wildman–Crippen LogP) is 4.21. The summed E-state index contributed by atoms with van der Waals surface area (Å²) < 4.78 is 81.0. The van der Waals surface area contributed by atoms with Crippen molar-refractivity contribution in [1.82, 2.24) is 14.5 Å². The van der Waals surface area contributed by atoms with Crippen molar-refractivity contribution in [2.45, 2.75) is 49.6 Å². The van der Waals surface area contributed by atoms with E-state index in [2.05, 4.69) is 15.3 Å². The van der Waals surface area contributed by atoms with Gasteiger partial charge in [-0.3, -0.25) is 4.79 Å². The van der Waals surface area contributed by atoms with Crippen LogP contribution in [-0.4, -0.2) is 35.9 Å². The van der Waals surface area contributed by atoms with Crippen molar-refractivity contribution in [1.29, 1.82) is 0 Å². The van der Waals surface area contributed by atoms with Crippen LogP contribution in [0.1, 0.15) is 49.2 Å². The number of anilines is 1. The average Bonchev–Trinajstić information content (AvgIpc) is 3.53. The molecule has 0 amide bonds. The van der Waals surface area contributed by atoms with Crippen LogP contribution in [0, 0.1) is 12.7 Å². The third-order valence-electron chi connectivity index (χ3n) is 6.01. The SMILES string of the molecule is Cc1nc(N[C@H](C)c2cccc(C(F)F)c2F)c2cn(C3(CF)CC3)c(=O)c(S(C)(=O)=O)c2n1. The fourth-order valence-electron chi connectivity index (χ4n) is 4.01. The van der Waals surface area contributed by atoms with Gasteiger partial charge in [0.25, 0.3) is 12.0 Å². The van der Waals surface area contributed by atoms with E-state index in [-0.39, 0.29) is 28.1 Å². The Bertz CT molecular complexity index is 1450. The summed E-state index contributed by atoms with van der Waals surface area (Å²) in [6, 6.07) is 2.77. The molecule has 2 heterocycles. The number of sulfone groups is 1. The zero-order valence-electron chi connectivity index (χ0n) is 18.6. The number of halogens is 4. The number of nitrogens with zero attached hydrogens (tertiary/aromatic N) is 3. The monoisotopic (exact) mass is 498 g/mol. The van der Waals surface area contributed by atoms with Gasteiger partial charge in [-0.1, -0.05) is 18.2 Å². The van der Waals surface area contributed by atoms with Crippen LogP contribution in [0.4, 0.5) is 23.4 Å². The number of pyridine rings is 1. The van der Waals surface area contributed by atoms with E-state index in [9.17, 15) is 30.8 Å². The quantitative estimate of drug-likeness (QED) is 0.491. The van der Waals surface area contributed by atoms with Crippen molar-refractivity contribution in [2.75, 3.05) is 18.2 Å². The van der Waals surface area contributed by atoms with Gasteiger partial charge in [0, 0.05) is 18.0 Å². The van der Waals surface area contributed by atoms with Crippen LogP contribution in [-0.2, 0) is 15.4 Å². The van der Waals surface area contributed by atoms with E-state index in [0.29, 0.717) is 12.8 Å². The van der Waals surface area contributed by atoms with Gasteiger partial charge < -0.3 is 9.88 Å². The molecule has 4 rings (SSSR count). The van der Waals surface area contributed by atoms with E-state index in [1.165, 1.54) is 32.2 Å². The highest BCUT2D eigenvalue weighted by molar-refractivity contribution is 7.91. The molecule has 182 valence electrons. The summed E-state index contributed by atoms with van der Waals surface area (Å²) in [5.41, 5.74) is -2.97. The Kier molecular flexibility index (Phi) is 5.91. The summed E-state index contributed by atoms with van der Waals surface area (Å²) in [6.45, 7) is 2.14. The van der Waals surface area contributed by atoms with E-state index < -0.39 is 56.4 Å². The number of nitrogens with one attached hydrogen (secondary N) is 1. The molecule has 2 aromatic heterocycles. The molecule has 1 saturated carbocycles. The van der Waals surface area contributed by atoms with Gasteiger partial charge in [0.2, 0.25) is 0 Å². The van der Waals surface area contributed by atoms with Crippen LogP contribution < -0.4 is 10.9 Å². The minimum atomic E-state index is -4.08. The summed E-state index contributed by atoms with van der Waals surface area (Å²) in [6.07, 6.45) is -0.123. The molecule has 0 bridgehead atoms. The lowest BCUT2D eigenvalue weighted by Crippen LogP contribution is -2.35. The fraction of sp³-hybridized carbons (Fsp3) is 0.409. The van der Waals surface area contributed by atoms with Crippen LogP contribution in [0.25, 0.3) is 10.9 Å². The summed E-state index contributed by atoms with van der Waals surface area (Å²) in [5, 5.41) is 3.04. The molecular weight excluding hydrogens is 476 g/mol. The Morgan fingerprint density at radius 3 is 2.41 bits per heavy atom. The van der Waals surface area contributed by atoms with Gasteiger partial charge in [-0.15, -0.1) is 0 Å². The van der Waals surface area contributed by atoms with Gasteiger partial charge in [-0.25, -0.2) is 35.9 Å². The highest BCUT2D eigenvalue weighted by Crippen LogP contribution is 2.44. The smallest absolute Gasteiger partial charge is 0.272 e. The first-order valence-electron chi connectivity index (χ1n) is 10.4. The zero-order chi connectivity index (χ0) is 25.0. The van der Waals surface area contributed by atoms with Crippen LogP contribution >= 0.6 is 0 Å². The molecule has 1 fully saturated rings. The predicted molar refractivity (Wildman–Crippen MR) is 118 cm³/mol. The molecule has 1 atom stereocenters. The number of benzene rings is 1. The zero-order valence-corrected chi connectivity index (χ0v) is 19.4. The molecule has 34 heavy (non-hydrogen) atoms. The van der Waals surface area contributed by atoms with E-state index in [1.54, 1.807) is 0 Å². The van der Waals surface area contributed by atoms with Gasteiger partial charge in [-0.05, 0) is 26.7 Å². The first kappa shape index (κ1) is 24.1. The molecule has 0 saturated heterocycles. The summed E-state index contributed by atoms with van der Waals surface area (Å²) in [7, 11) is -4.08. The van der Waals surface area contributed by atoms with Gasteiger partial charge in [0.15, 0.2) is 14.7 Å². The number of hydrogen-bond acceptors (Lipinski definition) is 6. The number of hydrogen-bond donors (Lipinski definition) is 1. The molecule has 12 heteroatoms. The Hall–Kier alpha value is -3.02. The van der Waals surface area contributed by atoms with Crippen LogP contribution in [0.3, 0.4) is 0 Å². The normalized spacial score (nSPS) is 16.1. The maximum atomic E-state index is 14.7. The van der Waals surface area contributed by atoms with Crippen molar-refractivity contribution in [3.05, 3.63) is 57.5 Å². The van der Waals surface area contributed by atoms with Crippen molar-refractivity contribution in [2.24, 2.45) is 0 Å². The highest BCUT2D eigenvalue weighted by Gasteiger charge is 2.46. The second-order valence-electron chi connectivity index (χ2n) is 8.56. The van der Waals surface area contributed by atoms with Gasteiger partial charge in [0.05, 0.1) is 22.5 Å². The van der Waals surface area contributed by atoms with Gasteiger partial charge >= 0.3 is 0 Å². The Morgan fingerprint density at radius 1 is 1.21 bits per heavy atom. The molecule has 0 spiro atoms. The lowest BCUT2D eigenvalue weighted by molar-refractivity contribution is 0.146. The van der Waals surface area contributed by atoms with Gasteiger partial charge in [-0.2, -0.15) is 0 Å². The van der Waals surface area contributed by atoms with E-state index in [4.69, 9.17) is 0 Å². The molecule has 7 nitrogen and oxygen atoms in total. The molecule has 3 aromatic rings. The van der Waals surface area contributed by atoms with Crippen LogP contribution in [0.2, 0.25) is 0 Å². The molecule has 1 aromatic carbocycles. The number of alkyl halides is 3. The van der Waals surface area contributed by atoms with Crippen LogP contribution in [0.5, 0.6) is 0 Å². The number of rotatable bonds is 7. The van der Waals surface area contributed by atoms with Crippen molar-refractivity contribution in [3.8, 4) is 0 Å². The topological polar surface area (TPSA) is 94.0 Å². The Morgan fingerprint density at radius 2 is 1.85 bits per heavy atom. The number of aromatic nitrogens is 3. The second kappa shape index (κ2) is 8.33. The fourth-order valence-corrected chi connectivity index (χ4v) is 4.93. The summed E-state index contributed by atoms with van der Waals surface area (Å²) >= 11 is 0. The Labute approximate surface area is 192 Å². The average molecular weight is 499 g/mol. The van der Waals surface area contributed by atoms with Crippen molar-refractivity contribution >= 4 is 26.6 Å². The summed E-state index contributed by atoms with van der Waals surface area (Å²) in [4.78, 5) is 21.0.